The third kappa shape index (κ3) is 2.12. The molecule has 0 amide bonds. The zero-order valence-electron chi connectivity index (χ0n) is 10.4. The van der Waals surface area contributed by atoms with Crippen molar-refractivity contribution in [3.05, 3.63) is 0 Å². The van der Waals surface area contributed by atoms with E-state index in [1.54, 1.807) is 0 Å². The van der Waals surface area contributed by atoms with Crippen LogP contribution < -0.4 is 5.32 Å². The van der Waals surface area contributed by atoms with Crippen molar-refractivity contribution < 1.29 is 5.11 Å². The van der Waals surface area contributed by atoms with Gasteiger partial charge in [-0.05, 0) is 37.1 Å². The van der Waals surface area contributed by atoms with Crippen LogP contribution in [0.2, 0.25) is 0 Å². The Kier molecular flexibility index (Phi) is 2.75. The lowest BCUT2D eigenvalue weighted by molar-refractivity contribution is 0.0792. The Hall–Kier alpha value is -0.0800. The first kappa shape index (κ1) is 12.0. The second-order valence-electron chi connectivity index (χ2n) is 6.44. The van der Waals surface area contributed by atoms with Crippen molar-refractivity contribution in [1.29, 1.82) is 0 Å². The smallest absolute Gasteiger partial charge is 0.0715 e. The number of rotatable bonds is 4. The van der Waals surface area contributed by atoms with Crippen molar-refractivity contribution in [1.82, 2.24) is 5.32 Å². The second kappa shape index (κ2) is 3.21. The molecule has 0 aliphatic heterocycles. The van der Waals surface area contributed by atoms with Crippen molar-refractivity contribution in [3.8, 4) is 0 Å². The van der Waals surface area contributed by atoms with Gasteiger partial charge in [0.25, 0.3) is 0 Å². The highest BCUT2D eigenvalue weighted by atomic mass is 16.3. The van der Waals surface area contributed by atoms with E-state index in [2.05, 4.69) is 33.0 Å². The first-order valence-electron chi connectivity index (χ1n) is 5.52. The Labute approximate surface area is 88.1 Å². The van der Waals surface area contributed by atoms with Crippen LogP contribution in [-0.2, 0) is 0 Å². The van der Waals surface area contributed by atoms with Gasteiger partial charge in [0.1, 0.15) is 0 Å². The summed E-state index contributed by atoms with van der Waals surface area (Å²) in [5.41, 5.74) is 0.294. The predicted octanol–water partition coefficient (Wildman–Crippen LogP) is 2.03. The van der Waals surface area contributed by atoms with Gasteiger partial charge in [-0.15, -0.1) is 0 Å². The molecule has 0 aromatic rings. The minimum absolute atomic E-state index is 0.444. The van der Waals surface area contributed by atoms with Crippen LogP contribution in [-0.4, -0.2) is 23.8 Å². The first-order chi connectivity index (χ1) is 6.09. The van der Waals surface area contributed by atoms with E-state index in [4.69, 9.17) is 0 Å². The first-order valence-corrected chi connectivity index (χ1v) is 5.52. The largest absolute Gasteiger partial charge is 0.389 e. The molecule has 0 bridgehead atoms. The van der Waals surface area contributed by atoms with Crippen LogP contribution in [0.25, 0.3) is 0 Å². The van der Waals surface area contributed by atoms with Gasteiger partial charge in [0.15, 0.2) is 0 Å². The number of hydrogen-bond donors (Lipinski definition) is 2. The van der Waals surface area contributed by atoms with E-state index in [0.29, 0.717) is 17.4 Å². The van der Waals surface area contributed by atoms with E-state index < -0.39 is 5.60 Å². The van der Waals surface area contributed by atoms with Crippen LogP contribution in [0.1, 0.15) is 41.5 Å². The van der Waals surface area contributed by atoms with Crippen LogP contribution in [0, 0.1) is 16.7 Å². The van der Waals surface area contributed by atoms with Gasteiger partial charge in [-0.3, -0.25) is 0 Å². The van der Waals surface area contributed by atoms with E-state index in [-0.39, 0.29) is 0 Å². The van der Waals surface area contributed by atoms with Crippen LogP contribution in [0.5, 0.6) is 0 Å². The maximum atomic E-state index is 9.55. The summed E-state index contributed by atoms with van der Waals surface area (Å²) >= 11 is 0. The monoisotopic (exact) mass is 199 g/mol. The van der Waals surface area contributed by atoms with Crippen LogP contribution in [0.15, 0.2) is 0 Å². The standard InChI is InChI=1S/C12H25NO/c1-10(2,14)8-13-7-9-11(3,4)12(9,5)6/h9,13-14H,7-8H2,1-6H3. The molecule has 1 aliphatic rings. The second-order valence-corrected chi connectivity index (χ2v) is 6.44. The van der Waals surface area contributed by atoms with Gasteiger partial charge in [-0.25, -0.2) is 0 Å². The van der Waals surface area contributed by atoms with Crippen LogP contribution >= 0.6 is 0 Å². The molecular formula is C12H25NO. The molecule has 2 nitrogen and oxygen atoms in total. The Balaban J connectivity index is 2.30. The molecule has 0 aromatic carbocycles. The molecule has 14 heavy (non-hydrogen) atoms. The lowest BCUT2D eigenvalue weighted by Crippen LogP contribution is -2.36. The van der Waals surface area contributed by atoms with Crippen molar-refractivity contribution >= 4 is 0 Å². The van der Waals surface area contributed by atoms with E-state index in [1.165, 1.54) is 0 Å². The van der Waals surface area contributed by atoms with Crippen molar-refractivity contribution in [2.45, 2.75) is 47.1 Å². The lowest BCUT2D eigenvalue weighted by Gasteiger charge is -2.18. The highest BCUT2D eigenvalue weighted by molar-refractivity contribution is 5.12. The zero-order chi connectivity index (χ0) is 11.2. The van der Waals surface area contributed by atoms with Gasteiger partial charge in [0.2, 0.25) is 0 Å². The Morgan fingerprint density at radius 3 is 1.86 bits per heavy atom. The zero-order valence-corrected chi connectivity index (χ0v) is 10.4. The minimum Gasteiger partial charge on any atom is -0.389 e. The third-order valence-corrected chi connectivity index (χ3v) is 4.23. The maximum Gasteiger partial charge on any atom is 0.0715 e. The fourth-order valence-electron chi connectivity index (χ4n) is 2.37. The molecule has 1 rings (SSSR count). The van der Waals surface area contributed by atoms with Gasteiger partial charge in [-0.1, -0.05) is 27.7 Å². The molecule has 0 spiro atoms. The summed E-state index contributed by atoms with van der Waals surface area (Å²) in [6, 6.07) is 0. The quantitative estimate of drug-likeness (QED) is 0.726. The Morgan fingerprint density at radius 1 is 1.14 bits per heavy atom. The average Bonchev–Trinajstić information content (AvgIpc) is 2.28. The van der Waals surface area contributed by atoms with Crippen molar-refractivity contribution in [3.63, 3.8) is 0 Å². The lowest BCUT2D eigenvalue weighted by atomic mass is 10.0. The van der Waals surface area contributed by atoms with Gasteiger partial charge in [-0.2, -0.15) is 0 Å². The molecule has 2 heteroatoms. The Bertz CT molecular complexity index is 199. The fraction of sp³-hybridized carbons (Fsp3) is 1.00. The van der Waals surface area contributed by atoms with Crippen LogP contribution in [0.3, 0.4) is 0 Å². The summed E-state index contributed by atoms with van der Waals surface area (Å²) < 4.78 is 0. The molecule has 0 aromatic heterocycles. The summed E-state index contributed by atoms with van der Waals surface area (Å²) in [5, 5.41) is 12.9. The average molecular weight is 199 g/mol. The molecule has 0 unspecified atom stereocenters. The molecule has 1 saturated carbocycles. The number of aliphatic hydroxyl groups is 1. The van der Waals surface area contributed by atoms with Gasteiger partial charge < -0.3 is 10.4 Å². The number of hydrogen-bond acceptors (Lipinski definition) is 2. The third-order valence-electron chi connectivity index (χ3n) is 4.23. The topological polar surface area (TPSA) is 32.3 Å². The molecule has 0 atom stereocenters. The summed E-state index contributed by atoms with van der Waals surface area (Å²) in [6.45, 7) is 14.7. The van der Waals surface area contributed by atoms with Crippen LogP contribution in [0.4, 0.5) is 0 Å². The molecular weight excluding hydrogens is 174 g/mol. The fourth-order valence-corrected chi connectivity index (χ4v) is 2.37. The normalized spacial score (nSPS) is 25.1. The molecule has 0 saturated heterocycles. The minimum atomic E-state index is -0.594. The predicted molar refractivity (Wildman–Crippen MR) is 60.2 cm³/mol. The molecule has 2 N–H and O–H groups in total. The summed E-state index contributed by atoms with van der Waals surface area (Å²) in [6.07, 6.45) is 0. The summed E-state index contributed by atoms with van der Waals surface area (Å²) in [4.78, 5) is 0. The molecule has 1 aliphatic carbocycles. The summed E-state index contributed by atoms with van der Waals surface area (Å²) in [7, 11) is 0. The highest BCUT2D eigenvalue weighted by Gasteiger charge is 2.63. The summed E-state index contributed by atoms with van der Waals surface area (Å²) in [5.74, 6) is 0.734. The van der Waals surface area contributed by atoms with E-state index in [9.17, 15) is 5.11 Å². The number of nitrogens with one attached hydrogen (secondary N) is 1. The maximum absolute atomic E-state index is 9.55. The molecule has 84 valence electrons. The van der Waals surface area contributed by atoms with Gasteiger partial charge >= 0.3 is 0 Å². The molecule has 0 radical (unpaired) electrons. The van der Waals surface area contributed by atoms with E-state index in [1.807, 2.05) is 13.8 Å². The van der Waals surface area contributed by atoms with Crippen molar-refractivity contribution in [2.24, 2.45) is 16.7 Å². The SMILES string of the molecule is CC(C)(O)CNCC1C(C)(C)C1(C)C. The van der Waals surface area contributed by atoms with E-state index >= 15 is 0 Å². The Morgan fingerprint density at radius 2 is 1.57 bits per heavy atom. The van der Waals surface area contributed by atoms with Crippen molar-refractivity contribution in [2.75, 3.05) is 13.1 Å². The van der Waals surface area contributed by atoms with Gasteiger partial charge in [0, 0.05) is 6.54 Å². The molecule has 0 heterocycles. The van der Waals surface area contributed by atoms with E-state index in [0.717, 1.165) is 12.5 Å². The molecule has 1 fully saturated rings. The highest BCUT2D eigenvalue weighted by Crippen LogP contribution is 2.67. The van der Waals surface area contributed by atoms with Gasteiger partial charge in [0.05, 0.1) is 5.60 Å².